The zero-order valence-corrected chi connectivity index (χ0v) is 22.1. The van der Waals surface area contributed by atoms with Gasteiger partial charge >= 0.3 is 0 Å². The molecule has 0 aromatic carbocycles. The predicted molar refractivity (Wildman–Crippen MR) is 148 cm³/mol. The fraction of sp³-hybridized carbons (Fsp3) is 0.423. The van der Waals surface area contributed by atoms with Gasteiger partial charge < -0.3 is 26.7 Å². The number of fused-ring (bicyclic) bond motifs is 1. The Balaban J connectivity index is 0.00000103. The zero-order valence-electron chi connectivity index (χ0n) is 22.1. The SMILES string of the molecule is CC.CC.CNc1nc(/C(=C/N)N(C)N)cc2cc(Nc3cc(C(NC)C4CC4)ccn3)ncc12. The molecule has 35 heavy (non-hydrogen) atoms. The van der Waals surface area contributed by atoms with Crippen molar-refractivity contribution in [2.45, 2.75) is 46.6 Å². The van der Waals surface area contributed by atoms with Crippen LogP contribution < -0.4 is 27.5 Å². The monoisotopic (exact) mass is 479 g/mol. The van der Waals surface area contributed by atoms with Crippen molar-refractivity contribution in [3.63, 3.8) is 0 Å². The molecule has 7 N–H and O–H groups in total. The van der Waals surface area contributed by atoms with Crippen LogP contribution in [0.1, 0.15) is 57.8 Å². The maximum atomic E-state index is 5.91. The van der Waals surface area contributed by atoms with E-state index in [9.17, 15) is 0 Å². The van der Waals surface area contributed by atoms with E-state index in [0.29, 0.717) is 35.0 Å². The summed E-state index contributed by atoms with van der Waals surface area (Å²) in [5, 5.41) is 13.2. The number of anilines is 3. The Kier molecular flexibility index (Phi) is 10.7. The van der Waals surface area contributed by atoms with Gasteiger partial charge in [-0.05, 0) is 61.0 Å². The van der Waals surface area contributed by atoms with Crippen LogP contribution >= 0.6 is 0 Å². The fourth-order valence-electron chi connectivity index (χ4n) is 3.87. The van der Waals surface area contributed by atoms with Crippen molar-refractivity contribution in [3.05, 3.63) is 54.1 Å². The van der Waals surface area contributed by atoms with Gasteiger partial charge in [-0.2, -0.15) is 0 Å². The summed E-state index contributed by atoms with van der Waals surface area (Å²) < 4.78 is 0. The van der Waals surface area contributed by atoms with Crippen molar-refractivity contribution < 1.29 is 0 Å². The molecule has 0 aliphatic heterocycles. The van der Waals surface area contributed by atoms with Crippen molar-refractivity contribution in [3.8, 4) is 0 Å². The molecule has 0 bridgehead atoms. The quantitative estimate of drug-likeness (QED) is 0.232. The van der Waals surface area contributed by atoms with E-state index in [4.69, 9.17) is 11.6 Å². The first-order chi connectivity index (χ1) is 17.0. The number of hydrogen-bond acceptors (Lipinski definition) is 9. The summed E-state index contributed by atoms with van der Waals surface area (Å²) in [5.74, 6) is 8.78. The molecule has 0 spiro atoms. The van der Waals surface area contributed by atoms with Gasteiger partial charge in [0.1, 0.15) is 17.5 Å². The Hall–Kier alpha value is -3.43. The molecule has 0 saturated heterocycles. The summed E-state index contributed by atoms with van der Waals surface area (Å²) in [5.41, 5.74) is 8.29. The summed E-state index contributed by atoms with van der Waals surface area (Å²) >= 11 is 0. The number of nitrogens with two attached hydrogens (primary N) is 2. The van der Waals surface area contributed by atoms with Gasteiger partial charge in [0.15, 0.2) is 0 Å². The van der Waals surface area contributed by atoms with Crippen LogP contribution in [0, 0.1) is 5.92 Å². The first kappa shape index (κ1) is 27.8. The van der Waals surface area contributed by atoms with Crippen LogP contribution in [0.4, 0.5) is 17.5 Å². The first-order valence-electron chi connectivity index (χ1n) is 12.3. The van der Waals surface area contributed by atoms with Crippen LogP contribution in [0.15, 0.2) is 42.9 Å². The second-order valence-corrected chi connectivity index (χ2v) is 7.76. The summed E-state index contributed by atoms with van der Waals surface area (Å²) in [6.45, 7) is 8.00. The molecular formula is C26H41N9. The highest BCUT2D eigenvalue weighted by Gasteiger charge is 2.31. The number of hydrogen-bond donors (Lipinski definition) is 5. The predicted octanol–water partition coefficient (Wildman–Crippen LogP) is 4.60. The lowest BCUT2D eigenvalue weighted by Gasteiger charge is -2.18. The van der Waals surface area contributed by atoms with Crippen LogP contribution in [0.3, 0.4) is 0 Å². The van der Waals surface area contributed by atoms with Crippen molar-refractivity contribution in [2.75, 3.05) is 31.8 Å². The molecule has 0 radical (unpaired) electrons. The number of nitrogens with zero attached hydrogens (tertiary/aromatic N) is 4. The molecule has 1 unspecified atom stereocenters. The molecule has 3 aromatic heterocycles. The summed E-state index contributed by atoms with van der Waals surface area (Å²) in [6.07, 6.45) is 7.61. The lowest BCUT2D eigenvalue weighted by molar-refractivity contribution is 0.508. The number of nitrogens with one attached hydrogen (secondary N) is 3. The molecule has 1 atom stereocenters. The van der Waals surface area contributed by atoms with Gasteiger partial charge in [-0.1, -0.05) is 27.7 Å². The summed E-state index contributed by atoms with van der Waals surface area (Å²) in [7, 11) is 5.56. The highest BCUT2D eigenvalue weighted by atomic mass is 15.4. The molecule has 3 heterocycles. The lowest BCUT2D eigenvalue weighted by atomic mass is 10.0. The van der Waals surface area contributed by atoms with E-state index >= 15 is 0 Å². The van der Waals surface area contributed by atoms with E-state index < -0.39 is 0 Å². The van der Waals surface area contributed by atoms with Crippen LogP contribution in [0.5, 0.6) is 0 Å². The van der Waals surface area contributed by atoms with E-state index in [-0.39, 0.29) is 0 Å². The Morgan fingerprint density at radius 2 is 1.77 bits per heavy atom. The van der Waals surface area contributed by atoms with Gasteiger partial charge in [-0.3, -0.25) is 0 Å². The van der Waals surface area contributed by atoms with E-state index in [2.05, 4.69) is 43.0 Å². The van der Waals surface area contributed by atoms with Crippen LogP contribution in [0.25, 0.3) is 16.5 Å². The third-order valence-electron chi connectivity index (χ3n) is 5.56. The third-order valence-corrected chi connectivity index (χ3v) is 5.56. The molecule has 1 aliphatic carbocycles. The Bertz CT molecular complexity index is 1110. The van der Waals surface area contributed by atoms with Crippen LogP contribution in [0.2, 0.25) is 0 Å². The molecule has 1 fully saturated rings. The molecule has 1 saturated carbocycles. The highest BCUT2D eigenvalue weighted by Crippen LogP contribution is 2.41. The van der Waals surface area contributed by atoms with E-state index in [1.54, 1.807) is 13.2 Å². The number of pyridine rings is 3. The van der Waals surface area contributed by atoms with Gasteiger partial charge in [-0.15, -0.1) is 0 Å². The van der Waals surface area contributed by atoms with Gasteiger partial charge in [0.25, 0.3) is 0 Å². The van der Waals surface area contributed by atoms with Crippen LogP contribution in [-0.2, 0) is 0 Å². The second-order valence-electron chi connectivity index (χ2n) is 7.76. The first-order valence-corrected chi connectivity index (χ1v) is 12.3. The minimum absolute atomic E-state index is 0.356. The maximum absolute atomic E-state index is 5.91. The number of hydrazine groups is 1. The fourth-order valence-corrected chi connectivity index (χ4v) is 3.87. The van der Waals surface area contributed by atoms with Crippen molar-refractivity contribution in [1.29, 1.82) is 0 Å². The average molecular weight is 480 g/mol. The maximum Gasteiger partial charge on any atom is 0.135 e. The molecule has 190 valence electrons. The number of aromatic nitrogens is 3. The standard InChI is InChI=1S/C22H29N9.2C2H6/c1-25-21(13-4-5-13)14-6-7-27-19(9-14)30-20-10-15-8-17(18(11-23)31(3)24)29-22(26-2)16(15)12-28-20;2*1-2/h6-13,21,25H,4-5,23-24H2,1-3H3,(H,26,29)(H,27,28,30);2*1-2H3/b18-11-;;. The largest absolute Gasteiger partial charge is 0.403 e. The summed E-state index contributed by atoms with van der Waals surface area (Å²) in [4.78, 5) is 13.7. The smallest absolute Gasteiger partial charge is 0.135 e. The Labute approximate surface area is 209 Å². The average Bonchev–Trinajstić information content (AvgIpc) is 3.72. The van der Waals surface area contributed by atoms with Crippen molar-refractivity contribution in [2.24, 2.45) is 17.5 Å². The number of rotatable bonds is 8. The topological polar surface area (TPSA) is 130 Å². The van der Waals surface area contributed by atoms with E-state index in [1.165, 1.54) is 29.6 Å². The normalized spacial score (nSPS) is 13.7. The zero-order chi connectivity index (χ0) is 26.0. The van der Waals surface area contributed by atoms with Gasteiger partial charge in [0, 0.05) is 44.1 Å². The molecule has 0 amide bonds. The van der Waals surface area contributed by atoms with Gasteiger partial charge in [-0.25, -0.2) is 20.8 Å². The highest BCUT2D eigenvalue weighted by molar-refractivity contribution is 5.94. The lowest BCUT2D eigenvalue weighted by Crippen LogP contribution is -2.25. The minimum atomic E-state index is 0.356. The molecular weight excluding hydrogens is 438 g/mol. The van der Waals surface area contributed by atoms with E-state index in [1.807, 2.05) is 60.1 Å². The Morgan fingerprint density at radius 1 is 1.09 bits per heavy atom. The molecule has 9 heteroatoms. The molecule has 4 rings (SSSR count). The van der Waals surface area contributed by atoms with Gasteiger partial charge in [0.05, 0.1) is 11.4 Å². The molecule has 1 aliphatic rings. The third kappa shape index (κ3) is 6.80. The molecule has 3 aromatic rings. The van der Waals surface area contributed by atoms with Gasteiger partial charge in [0.2, 0.25) is 0 Å². The van der Waals surface area contributed by atoms with Crippen molar-refractivity contribution in [1.82, 2.24) is 25.3 Å². The van der Waals surface area contributed by atoms with Crippen LogP contribution in [-0.4, -0.2) is 41.1 Å². The minimum Gasteiger partial charge on any atom is -0.403 e. The molecule has 9 nitrogen and oxygen atoms in total. The summed E-state index contributed by atoms with van der Waals surface area (Å²) in [6, 6.07) is 8.42. The Morgan fingerprint density at radius 3 is 2.34 bits per heavy atom. The van der Waals surface area contributed by atoms with E-state index in [0.717, 1.165) is 16.6 Å². The van der Waals surface area contributed by atoms with Crippen molar-refractivity contribution >= 4 is 33.9 Å². The second kappa shape index (κ2) is 13.5.